The largest absolute Gasteiger partial charge is 0.358 e. The van der Waals surface area contributed by atoms with E-state index >= 15 is 0 Å². The van der Waals surface area contributed by atoms with Crippen molar-refractivity contribution in [2.45, 2.75) is 32.1 Å². The second kappa shape index (κ2) is 9.61. The van der Waals surface area contributed by atoms with Crippen LogP contribution in [0.4, 0.5) is 5.82 Å². The van der Waals surface area contributed by atoms with Gasteiger partial charge in [-0.1, -0.05) is 61.2 Å². The van der Waals surface area contributed by atoms with E-state index in [0.29, 0.717) is 5.02 Å². The van der Waals surface area contributed by atoms with Crippen LogP contribution in [0.1, 0.15) is 31.2 Å². The van der Waals surface area contributed by atoms with Gasteiger partial charge in [-0.25, -0.2) is 9.97 Å². The Labute approximate surface area is 196 Å². The van der Waals surface area contributed by atoms with Crippen molar-refractivity contribution in [3.63, 3.8) is 0 Å². The third kappa shape index (κ3) is 5.09. The number of fused-ring (bicyclic) bond motifs is 1. The van der Waals surface area contributed by atoms with Crippen molar-refractivity contribution in [3.05, 3.63) is 72.4 Å². The van der Waals surface area contributed by atoms with Crippen molar-refractivity contribution in [2.24, 2.45) is 5.41 Å². The van der Waals surface area contributed by atoms with Gasteiger partial charge >= 0.3 is 0 Å². The van der Waals surface area contributed by atoms with Crippen LogP contribution in [0, 0.1) is 43.5 Å². The summed E-state index contributed by atoms with van der Waals surface area (Å²) in [5, 5.41) is 1.77. The molecular formula is C23H25ClN3U-. The first-order valence-electron chi connectivity index (χ1n) is 9.68. The summed E-state index contributed by atoms with van der Waals surface area (Å²) in [4.78, 5) is 11.4. The molecule has 4 rings (SSSR count). The zero-order valence-corrected chi connectivity index (χ0v) is 21.0. The Morgan fingerprint density at radius 3 is 2.75 bits per heavy atom. The van der Waals surface area contributed by atoms with Crippen LogP contribution in [-0.2, 0) is 6.42 Å². The SMILES string of the molecule is [CH2-]C1(CCCc2ccccc2)CCCN(c2ncnc3cc(Cl)ccc23)C1.[U]. The van der Waals surface area contributed by atoms with Crippen molar-refractivity contribution in [3.8, 4) is 0 Å². The first kappa shape index (κ1) is 21.6. The number of rotatable bonds is 5. The van der Waals surface area contributed by atoms with E-state index in [4.69, 9.17) is 11.6 Å². The molecule has 2 heterocycles. The molecule has 1 unspecified atom stereocenters. The molecule has 0 radical (unpaired) electrons. The monoisotopic (exact) mass is 616 g/mol. The number of nitrogens with zero attached hydrogens (tertiary/aromatic N) is 3. The van der Waals surface area contributed by atoms with Gasteiger partial charge in [0.25, 0.3) is 0 Å². The summed E-state index contributed by atoms with van der Waals surface area (Å²) in [6.45, 7) is 6.58. The molecule has 0 bridgehead atoms. The third-order valence-electron chi connectivity index (χ3n) is 5.55. The summed E-state index contributed by atoms with van der Waals surface area (Å²) in [6, 6.07) is 16.6. The molecule has 0 N–H and O–H groups in total. The molecule has 2 aromatic carbocycles. The Kier molecular flexibility index (Phi) is 7.43. The van der Waals surface area contributed by atoms with E-state index in [1.165, 1.54) is 18.4 Å². The Morgan fingerprint density at radius 2 is 1.93 bits per heavy atom. The molecule has 0 saturated carbocycles. The van der Waals surface area contributed by atoms with Crippen LogP contribution in [0.15, 0.2) is 54.9 Å². The second-order valence-electron chi connectivity index (χ2n) is 7.72. The van der Waals surface area contributed by atoms with Crippen molar-refractivity contribution in [2.75, 3.05) is 18.0 Å². The number of aryl methyl sites for hydroxylation is 1. The maximum Gasteiger partial charge on any atom is 0.139 e. The number of hydrogen-bond donors (Lipinski definition) is 0. The molecule has 1 aromatic heterocycles. The van der Waals surface area contributed by atoms with E-state index in [-0.39, 0.29) is 36.5 Å². The fourth-order valence-corrected chi connectivity index (χ4v) is 4.34. The molecule has 3 aromatic rings. The normalized spacial score (nSPS) is 19.4. The van der Waals surface area contributed by atoms with Gasteiger partial charge in [0.1, 0.15) is 12.1 Å². The number of piperidine rings is 1. The predicted molar refractivity (Wildman–Crippen MR) is 113 cm³/mol. The molecule has 5 heteroatoms. The minimum atomic E-state index is 0. The number of anilines is 1. The number of benzene rings is 2. The molecule has 1 aliphatic heterocycles. The van der Waals surface area contributed by atoms with Crippen LogP contribution in [0.5, 0.6) is 0 Å². The van der Waals surface area contributed by atoms with Gasteiger partial charge in [0.15, 0.2) is 0 Å². The molecule has 1 saturated heterocycles. The molecule has 28 heavy (non-hydrogen) atoms. The van der Waals surface area contributed by atoms with Gasteiger partial charge < -0.3 is 11.8 Å². The Bertz CT molecular complexity index is 918. The second-order valence-corrected chi connectivity index (χ2v) is 8.16. The maximum absolute atomic E-state index is 6.13. The van der Waals surface area contributed by atoms with Gasteiger partial charge in [0.2, 0.25) is 0 Å². The zero-order chi connectivity index (χ0) is 18.7. The topological polar surface area (TPSA) is 29.0 Å². The third-order valence-corrected chi connectivity index (χ3v) is 5.79. The van der Waals surface area contributed by atoms with Crippen LogP contribution in [0.25, 0.3) is 10.9 Å². The molecule has 1 fully saturated rings. The summed E-state index contributed by atoms with van der Waals surface area (Å²) >= 11 is 6.13. The summed E-state index contributed by atoms with van der Waals surface area (Å²) in [5.41, 5.74) is 2.39. The number of hydrogen-bond acceptors (Lipinski definition) is 3. The minimum absolute atomic E-state index is 0. The fraction of sp³-hybridized carbons (Fsp3) is 0.348. The summed E-state index contributed by atoms with van der Waals surface area (Å²) < 4.78 is 0. The van der Waals surface area contributed by atoms with Gasteiger partial charge in [0.05, 0.1) is 5.52 Å². The molecule has 144 valence electrons. The zero-order valence-electron chi connectivity index (χ0n) is 16.1. The van der Waals surface area contributed by atoms with E-state index < -0.39 is 0 Å². The van der Waals surface area contributed by atoms with E-state index in [1.54, 1.807) is 6.33 Å². The first-order chi connectivity index (χ1) is 13.1. The fourth-order valence-electron chi connectivity index (χ4n) is 4.17. The Balaban J connectivity index is 0.00000225. The van der Waals surface area contributed by atoms with Gasteiger partial charge in [0, 0.05) is 48.1 Å². The molecule has 1 aliphatic rings. The van der Waals surface area contributed by atoms with E-state index in [1.807, 2.05) is 18.2 Å². The maximum atomic E-state index is 6.13. The summed E-state index contributed by atoms with van der Waals surface area (Å²) in [5.74, 6) is 1.01. The smallest absolute Gasteiger partial charge is 0.139 e. The van der Waals surface area contributed by atoms with Gasteiger partial charge in [-0.2, -0.15) is 0 Å². The Morgan fingerprint density at radius 1 is 1.11 bits per heavy atom. The molecule has 0 amide bonds. The first-order valence-corrected chi connectivity index (χ1v) is 10.1. The van der Waals surface area contributed by atoms with Crippen molar-refractivity contribution < 1.29 is 31.1 Å². The summed E-state index contributed by atoms with van der Waals surface area (Å²) in [6.07, 6.45) is 7.38. The Hall–Kier alpha value is -1.08. The average Bonchev–Trinajstić information content (AvgIpc) is 2.68. The van der Waals surface area contributed by atoms with Crippen molar-refractivity contribution in [1.29, 1.82) is 0 Å². The van der Waals surface area contributed by atoms with Gasteiger partial charge in [-0.15, -0.1) is 5.41 Å². The molecule has 0 aliphatic carbocycles. The van der Waals surface area contributed by atoms with Crippen LogP contribution >= 0.6 is 11.6 Å². The molecular weight excluding hydrogens is 592 g/mol. The van der Waals surface area contributed by atoms with Crippen LogP contribution in [-0.4, -0.2) is 23.1 Å². The predicted octanol–water partition coefficient (Wildman–Crippen LogP) is 5.73. The van der Waals surface area contributed by atoms with Crippen LogP contribution in [0.3, 0.4) is 0 Å². The van der Waals surface area contributed by atoms with Gasteiger partial charge in [-0.05, 0) is 43.1 Å². The van der Waals surface area contributed by atoms with E-state index in [9.17, 15) is 0 Å². The molecule has 3 nitrogen and oxygen atoms in total. The minimum Gasteiger partial charge on any atom is -0.358 e. The number of aromatic nitrogens is 2. The van der Waals surface area contributed by atoms with Crippen molar-refractivity contribution >= 4 is 28.3 Å². The average molecular weight is 617 g/mol. The number of halogens is 1. The van der Waals surface area contributed by atoms with Gasteiger partial charge in [-0.3, -0.25) is 0 Å². The standard InChI is InChI=1S/C23H25ClN3.U/c1-23(12-5-9-18-7-3-2-4-8-18)13-6-14-27(16-23)22-20-11-10-19(24)15-21(20)25-17-26-22;/h2-4,7-8,10-11,15,17H,1,5-6,9,12-14,16H2;/q-1;. The summed E-state index contributed by atoms with van der Waals surface area (Å²) in [7, 11) is 0. The molecule has 1 atom stereocenters. The van der Waals surface area contributed by atoms with Crippen LogP contribution < -0.4 is 4.90 Å². The van der Waals surface area contributed by atoms with Crippen LogP contribution in [0.2, 0.25) is 5.02 Å². The van der Waals surface area contributed by atoms with E-state index in [0.717, 1.165) is 49.1 Å². The molecule has 0 spiro atoms. The van der Waals surface area contributed by atoms with E-state index in [2.05, 4.69) is 52.1 Å². The van der Waals surface area contributed by atoms with Crippen molar-refractivity contribution in [1.82, 2.24) is 9.97 Å². The quantitative estimate of drug-likeness (QED) is 0.343.